The van der Waals surface area contributed by atoms with E-state index in [1.165, 1.54) is 28.6 Å². The number of nitrogens with zero attached hydrogens (tertiary/aromatic N) is 1. The number of carbonyl (C=O) groups is 1. The molecular formula is C18H21FN2O3S. The molecule has 0 radical (unpaired) electrons. The van der Waals surface area contributed by atoms with E-state index in [1.54, 1.807) is 24.3 Å². The lowest BCUT2D eigenvalue weighted by Gasteiger charge is -2.23. The molecule has 0 atom stereocenters. The zero-order chi connectivity index (χ0) is 18.6. The molecule has 0 bridgehead atoms. The summed E-state index contributed by atoms with van der Waals surface area (Å²) < 4.78 is 38.5. The fourth-order valence-electron chi connectivity index (χ4n) is 2.28. The van der Waals surface area contributed by atoms with Crippen LogP contribution < -0.4 is 9.62 Å². The molecule has 0 fully saturated rings. The largest absolute Gasteiger partial charge is 0.350 e. The van der Waals surface area contributed by atoms with E-state index in [-0.39, 0.29) is 24.3 Å². The lowest BCUT2D eigenvalue weighted by Crippen LogP contribution is -2.31. The standard InChI is InChI=1S/C18H21FN2O3S/c1-13(2)20-18(22)15-6-10-17(11-7-15)21(25(3,23)24)12-14-4-8-16(19)9-5-14/h4-11,13H,12H2,1-3H3,(H,20,22). The Hall–Kier alpha value is -2.41. The second kappa shape index (κ2) is 7.65. The van der Waals surface area contributed by atoms with Crippen molar-refractivity contribution in [1.82, 2.24) is 5.32 Å². The highest BCUT2D eigenvalue weighted by atomic mass is 32.2. The summed E-state index contributed by atoms with van der Waals surface area (Å²) in [4.78, 5) is 12.0. The lowest BCUT2D eigenvalue weighted by atomic mass is 10.1. The van der Waals surface area contributed by atoms with Gasteiger partial charge in [0.1, 0.15) is 5.82 Å². The van der Waals surface area contributed by atoms with Crippen LogP contribution in [0.2, 0.25) is 0 Å². The van der Waals surface area contributed by atoms with Crippen LogP contribution in [-0.4, -0.2) is 26.6 Å². The van der Waals surface area contributed by atoms with E-state index in [0.717, 1.165) is 6.26 Å². The number of hydrogen-bond donors (Lipinski definition) is 1. The van der Waals surface area contributed by atoms with Crippen LogP contribution >= 0.6 is 0 Å². The van der Waals surface area contributed by atoms with E-state index in [0.29, 0.717) is 16.8 Å². The molecule has 25 heavy (non-hydrogen) atoms. The summed E-state index contributed by atoms with van der Waals surface area (Å²) in [6.45, 7) is 3.80. The Kier molecular flexibility index (Phi) is 5.79. The summed E-state index contributed by atoms with van der Waals surface area (Å²) in [5.74, 6) is -0.596. The summed E-state index contributed by atoms with van der Waals surface area (Å²) in [6, 6.07) is 12.0. The van der Waals surface area contributed by atoms with Gasteiger partial charge in [-0.1, -0.05) is 12.1 Å². The van der Waals surface area contributed by atoms with Crippen molar-refractivity contribution in [2.75, 3.05) is 10.6 Å². The Bertz CT molecular complexity index is 832. The van der Waals surface area contributed by atoms with Crippen molar-refractivity contribution < 1.29 is 17.6 Å². The van der Waals surface area contributed by atoms with Crippen molar-refractivity contribution in [3.63, 3.8) is 0 Å². The van der Waals surface area contributed by atoms with E-state index in [4.69, 9.17) is 0 Å². The van der Waals surface area contributed by atoms with Gasteiger partial charge in [0.25, 0.3) is 5.91 Å². The fourth-order valence-corrected chi connectivity index (χ4v) is 3.17. The van der Waals surface area contributed by atoms with E-state index < -0.39 is 10.0 Å². The molecule has 2 rings (SSSR count). The van der Waals surface area contributed by atoms with Crippen molar-refractivity contribution >= 4 is 21.6 Å². The monoisotopic (exact) mass is 364 g/mol. The molecule has 7 heteroatoms. The minimum atomic E-state index is -3.54. The SMILES string of the molecule is CC(C)NC(=O)c1ccc(N(Cc2ccc(F)cc2)S(C)(=O)=O)cc1. The van der Waals surface area contributed by atoms with E-state index in [2.05, 4.69) is 5.32 Å². The van der Waals surface area contributed by atoms with Gasteiger partial charge in [-0.15, -0.1) is 0 Å². The number of nitrogens with one attached hydrogen (secondary N) is 1. The third-order valence-corrected chi connectivity index (χ3v) is 4.62. The van der Waals surface area contributed by atoms with Crippen molar-refractivity contribution in [2.24, 2.45) is 0 Å². The molecule has 134 valence electrons. The van der Waals surface area contributed by atoms with Crippen LogP contribution in [0.15, 0.2) is 48.5 Å². The molecule has 1 amide bonds. The normalized spacial score (nSPS) is 11.4. The quantitative estimate of drug-likeness (QED) is 0.857. The number of amides is 1. The Morgan fingerprint density at radius 3 is 2.12 bits per heavy atom. The first-order chi connectivity index (χ1) is 11.7. The fraction of sp³-hybridized carbons (Fsp3) is 0.278. The first-order valence-electron chi connectivity index (χ1n) is 7.80. The molecule has 0 saturated carbocycles. The molecule has 2 aromatic carbocycles. The van der Waals surface area contributed by atoms with Crippen molar-refractivity contribution in [2.45, 2.75) is 26.4 Å². The summed E-state index contributed by atoms with van der Waals surface area (Å²) in [6.07, 6.45) is 1.11. The topological polar surface area (TPSA) is 66.5 Å². The summed E-state index contributed by atoms with van der Waals surface area (Å²) in [5, 5.41) is 2.78. The molecule has 0 aliphatic carbocycles. The van der Waals surface area contributed by atoms with Crippen LogP contribution in [0.3, 0.4) is 0 Å². The molecular weight excluding hydrogens is 343 g/mol. The van der Waals surface area contributed by atoms with Crippen LogP contribution in [0.4, 0.5) is 10.1 Å². The molecule has 0 aromatic heterocycles. The number of benzene rings is 2. The average molecular weight is 364 g/mol. The van der Waals surface area contributed by atoms with Gasteiger partial charge in [-0.3, -0.25) is 9.10 Å². The third-order valence-electron chi connectivity index (χ3n) is 3.48. The first kappa shape index (κ1) is 18.9. The maximum absolute atomic E-state index is 13.0. The number of hydrogen-bond acceptors (Lipinski definition) is 3. The van der Waals surface area contributed by atoms with Gasteiger partial charge in [-0.05, 0) is 55.8 Å². The highest BCUT2D eigenvalue weighted by Gasteiger charge is 2.18. The molecule has 0 saturated heterocycles. The minimum absolute atomic E-state index is 0.0122. The van der Waals surface area contributed by atoms with Crippen molar-refractivity contribution in [1.29, 1.82) is 0 Å². The van der Waals surface area contributed by atoms with Gasteiger partial charge in [-0.25, -0.2) is 12.8 Å². The smallest absolute Gasteiger partial charge is 0.251 e. The molecule has 0 aliphatic rings. The Morgan fingerprint density at radius 1 is 1.08 bits per heavy atom. The zero-order valence-electron chi connectivity index (χ0n) is 14.4. The van der Waals surface area contributed by atoms with Crippen molar-refractivity contribution in [3.05, 3.63) is 65.5 Å². The molecule has 0 heterocycles. The predicted octanol–water partition coefficient (Wildman–Crippen LogP) is 2.93. The van der Waals surface area contributed by atoms with Gasteiger partial charge in [-0.2, -0.15) is 0 Å². The zero-order valence-corrected chi connectivity index (χ0v) is 15.2. The number of halogens is 1. The van der Waals surface area contributed by atoms with Crippen LogP contribution in [-0.2, 0) is 16.6 Å². The molecule has 0 aliphatic heterocycles. The van der Waals surface area contributed by atoms with E-state index in [1.807, 2.05) is 13.8 Å². The summed E-state index contributed by atoms with van der Waals surface area (Å²) >= 11 is 0. The van der Waals surface area contributed by atoms with Crippen molar-refractivity contribution in [3.8, 4) is 0 Å². The van der Waals surface area contributed by atoms with Crippen LogP contribution in [0.5, 0.6) is 0 Å². The van der Waals surface area contributed by atoms with Gasteiger partial charge >= 0.3 is 0 Å². The number of sulfonamides is 1. The molecule has 1 N–H and O–H groups in total. The number of carbonyl (C=O) groups excluding carboxylic acids is 1. The third kappa shape index (κ3) is 5.29. The predicted molar refractivity (Wildman–Crippen MR) is 96.5 cm³/mol. The summed E-state index contributed by atoms with van der Waals surface area (Å²) in [5.41, 5.74) is 1.55. The molecule has 0 unspecified atom stereocenters. The minimum Gasteiger partial charge on any atom is -0.350 e. The molecule has 0 spiro atoms. The highest BCUT2D eigenvalue weighted by molar-refractivity contribution is 7.92. The van der Waals surface area contributed by atoms with Crippen LogP contribution in [0.1, 0.15) is 29.8 Å². The van der Waals surface area contributed by atoms with Crippen LogP contribution in [0, 0.1) is 5.82 Å². The van der Waals surface area contributed by atoms with Gasteiger partial charge in [0.05, 0.1) is 18.5 Å². The number of rotatable bonds is 6. The lowest BCUT2D eigenvalue weighted by molar-refractivity contribution is 0.0943. The Labute approximate surface area is 147 Å². The average Bonchev–Trinajstić information content (AvgIpc) is 2.53. The van der Waals surface area contributed by atoms with E-state index >= 15 is 0 Å². The maximum Gasteiger partial charge on any atom is 0.251 e. The van der Waals surface area contributed by atoms with Gasteiger partial charge in [0.15, 0.2) is 0 Å². The second-order valence-electron chi connectivity index (χ2n) is 6.07. The number of anilines is 1. The van der Waals surface area contributed by atoms with Gasteiger partial charge < -0.3 is 5.32 Å². The Balaban J connectivity index is 2.26. The Morgan fingerprint density at radius 2 is 1.64 bits per heavy atom. The van der Waals surface area contributed by atoms with Crippen LogP contribution in [0.25, 0.3) is 0 Å². The molecule has 5 nitrogen and oxygen atoms in total. The summed E-state index contributed by atoms with van der Waals surface area (Å²) in [7, 11) is -3.54. The molecule has 2 aromatic rings. The highest BCUT2D eigenvalue weighted by Crippen LogP contribution is 2.21. The van der Waals surface area contributed by atoms with E-state index in [9.17, 15) is 17.6 Å². The maximum atomic E-state index is 13.0. The van der Waals surface area contributed by atoms with Gasteiger partial charge in [0, 0.05) is 11.6 Å². The van der Waals surface area contributed by atoms with Gasteiger partial charge in [0.2, 0.25) is 10.0 Å². The second-order valence-corrected chi connectivity index (χ2v) is 7.98. The first-order valence-corrected chi connectivity index (χ1v) is 9.65.